The van der Waals surface area contributed by atoms with Gasteiger partial charge in [0.05, 0.1) is 11.9 Å². The molecule has 0 amide bonds. The lowest BCUT2D eigenvalue weighted by Crippen LogP contribution is -2.19. The third-order valence-corrected chi connectivity index (χ3v) is 5.07. The van der Waals surface area contributed by atoms with Gasteiger partial charge >= 0.3 is 0 Å². The molecule has 1 unspecified atom stereocenters. The summed E-state index contributed by atoms with van der Waals surface area (Å²) in [4.78, 5) is 0. The van der Waals surface area contributed by atoms with Gasteiger partial charge in [0.1, 0.15) is 5.82 Å². The molecule has 0 aliphatic heterocycles. The molecule has 1 N–H and O–H groups in total. The molecular weight excluding hydrogens is 337 g/mol. The average molecular weight is 359 g/mol. The molecule has 0 aliphatic rings. The van der Waals surface area contributed by atoms with Crippen LogP contribution in [0.1, 0.15) is 29.8 Å². The Kier molecular flexibility index (Phi) is 4.73. The van der Waals surface area contributed by atoms with E-state index in [2.05, 4.69) is 54.6 Å². The maximum atomic E-state index is 13.8. The Morgan fingerprint density at radius 2 is 1.74 bits per heavy atom. The van der Waals surface area contributed by atoms with Crippen LogP contribution >= 0.6 is 0 Å². The van der Waals surface area contributed by atoms with Crippen LogP contribution in [0.4, 0.5) is 4.39 Å². The van der Waals surface area contributed by atoms with E-state index in [1.165, 1.54) is 16.8 Å². The summed E-state index contributed by atoms with van der Waals surface area (Å²) < 4.78 is 15.8. The van der Waals surface area contributed by atoms with E-state index in [0.717, 1.165) is 16.9 Å². The first-order valence-electron chi connectivity index (χ1n) is 9.14. The SMILES string of the molecule is Cc1c(C(C)NCc2ccccc2F)cnn1-c1cccc2ccccc12. The number of halogens is 1. The van der Waals surface area contributed by atoms with Gasteiger partial charge in [0.15, 0.2) is 0 Å². The van der Waals surface area contributed by atoms with Crippen molar-refractivity contribution in [2.24, 2.45) is 0 Å². The molecule has 4 heteroatoms. The maximum Gasteiger partial charge on any atom is 0.127 e. The lowest BCUT2D eigenvalue weighted by molar-refractivity contribution is 0.542. The highest BCUT2D eigenvalue weighted by Crippen LogP contribution is 2.26. The fourth-order valence-electron chi connectivity index (χ4n) is 3.50. The summed E-state index contributed by atoms with van der Waals surface area (Å²) in [5.74, 6) is -0.180. The smallest absolute Gasteiger partial charge is 0.127 e. The Bertz CT molecular complexity index is 1080. The lowest BCUT2D eigenvalue weighted by Gasteiger charge is -2.15. The van der Waals surface area contributed by atoms with Crippen molar-refractivity contribution in [1.82, 2.24) is 15.1 Å². The first-order chi connectivity index (χ1) is 13.1. The largest absolute Gasteiger partial charge is 0.306 e. The van der Waals surface area contributed by atoms with E-state index in [4.69, 9.17) is 0 Å². The van der Waals surface area contributed by atoms with Crippen LogP contribution in [0.2, 0.25) is 0 Å². The van der Waals surface area contributed by atoms with Crippen molar-refractivity contribution in [1.29, 1.82) is 0 Å². The first kappa shape index (κ1) is 17.4. The Balaban J connectivity index is 1.61. The van der Waals surface area contributed by atoms with Crippen LogP contribution < -0.4 is 5.32 Å². The minimum absolute atomic E-state index is 0.0633. The van der Waals surface area contributed by atoms with E-state index in [0.29, 0.717) is 12.1 Å². The highest BCUT2D eigenvalue weighted by atomic mass is 19.1. The minimum atomic E-state index is -0.180. The highest BCUT2D eigenvalue weighted by Gasteiger charge is 2.15. The van der Waals surface area contributed by atoms with Crippen LogP contribution in [0.5, 0.6) is 0 Å². The van der Waals surface area contributed by atoms with E-state index in [9.17, 15) is 4.39 Å². The molecule has 1 aromatic heterocycles. The van der Waals surface area contributed by atoms with Gasteiger partial charge in [-0.3, -0.25) is 0 Å². The summed E-state index contributed by atoms with van der Waals surface area (Å²) in [5, 5.41) is 10.4. The summed E-state index contributed by atoms with van der Waals surface area (Å²) >= 11 is 0. The van der Waals surface area contributed by atoms with E-state index < -0.39 is 0 Å². The first-order valence-corrected chi connectivity index (χ1v) is 9.14. The molecule has 0 radical (unpaired) electrons. The van der Waals surface area contributed by atoms with Crippen molar-refractivity contribution in [2.75, 3.05) is 0 Å². The van der Waals surface area contributed by atoms with Crippen LogP contribution in [-0.2, 0) is 6.54 Å². The van der Waals surface area contributed by atoms with Crippen LogP contribution in [0.15, 0.2) is 72.9 Å². The Labute approximate surface area is 158 Å². The van der Waals surface area contributed by atoms with Gasteiger partial charge in [0, 0.05) is 34.8 Å². The van der Waals surface area contributed by atoms with Crippen LogP contribution in [0, 0.1) is 12.7 Å². The summed E-state index contributed by atoms with van der Waals surface area (Å²) in [5.41, 5.74) is 3.93. The normalized spacial score (nSPS) is 12.4. The minimum Gasteiger partial charge on any atom is -0.306 e. The highest BCUT2D eigenvalue weighted by molar-refractivity contribution is 5.90. The zero-order chi connectivity index (χ0) is 18.8. The molecule has 27 heavy (non-hydrogen) atoms. The van der Waals surface area contributed by atoms with Crippen molar-refractivity contribution >= 4 is 10.8 Å². The standard InChI is InChI=1S/C23H22FN3/c1-16(25-14-19-9-4-6-12-22(19)24)21-15-26-27(17(21)2)23-13-7-10-18-8-3-5-11-20(18)23/h3-13,15-16,25H,14H2,1-2H3. The number of aromatic nitrogens is 2. The van der Waals surface area contributed by atoms with E-state index >= 15 is 0 Å². The zero-order valence-corrected chi connectivity index (χ0v) is 15.5. The summed E-state index contributed by atoms with van der Waals surface area (Å²) in [6.45, 7) is 4.64. The average Bonchev–Trinajstić information content (AvgIpc) is 3.08. The molecule has 136 valence electrons. The second kappa shape index (κ2) is 7.33. The Morgan fingerprint density at radius 1 is 1.00 bits per heavy atom. The van der Waals surface area contributed by atoms with Gasteiger partial charge < -0.3 is 5.32 Å². The monoisotopic (exact) mass is 359 g/mol. The summed E-state index contributed by atoms with van der Waals surface area (Å²) in [7, 11) is 0. The molecule has 0 bridgehead atoms. The van der Waals surface area contributed by atoms with Crippen molar-refractivity contribution in [2.45, 2.75) is 26.4 Å². The molecule has 1 heterocycles. The van der Waals surface area contributed by atoms with Gasteiger partial charge in [-0.15, -0.1) is 0 Å². The van der Waals surface area contributed by atoms with Crippen molar-refractivity contribution in [3.8, 4) is 5.69 Å². The van der Waals surface area contributed by atoms with Crippen LogP contribution in [-0.4, -0.2) is 9.78 Å². The number of rotatable bonds is 5. The Morgan fingerprint density at radius 3 is 2.59 bits per heavy atom. The molecule has 0 fully saturated rings. The number of benzene rings is 3. The maximum absolute atomic E-state index is 13.8. The number of nitrogens with zero attached hydrogens (tertiary/aromatic N) is 2. The summed E-state index contributed by atoms with van der Waals surface area (Å²) in [6, 6.07) is 21.5. The number of hydrogen-bond donors (Lipinski definition) is 1. The number of hydrogen-bond acceptors (Lipinski definition) is 2. The third-order valence-electron chi connectivity index (χ3n) is 5.07. The predicted octanol–water partition coefficient (Wildman–Crippen LogP) is 5.32. The fraction of sp³-hybridized carbons (Fsp3) is 0.174. The predicted molar refractivity (Wildman–Crippen MR) is 107 cm³/mol. The molecular formula is C23H22FN3. The van der Waals surface area contributed by atoms with E-state index in [1.54, 1.807) is 12.1 Å². The van der Waals surface area contributed by atoms with Gasteiger partial charge in [-0.1, -0.05) is 54.6 Å². The topological polar surface area (TPSA) is 29.9 Å². The Hall–Kier alpha value is -2.98. The molecule has 1 atom stereocenters. The van der Waals surface area contributed by atoms with Gasteiger partial charge in [0.2, 0.25) is 0 Å². The van der Waals surface area contributed by atoms with Crippen molar-refractivity contribution < 1.29 is 4.39 Å². The van der Waals surface area contributed by atoms with Crippen LogP contribution in [0.25, 0.3) is 16.5 Å². The molecule has 3 aromatic carbocycles. The van der Waals surface area contributed by atoms with Gasteiger partial charge in [-0.25, -0.2) is 9.07 Å². The number of nitrogens with one attached hydrogen (secondary N) is 1. The lowest BCUT2D eigenvalue weighted by atomic mass is 10.1. The summed E-state index contributed by atoms with van der Waals surface area (Å²) in [6.07, 6.45) is 1.90. The molecule has 0 spiro atoms. The molecule has 4 rings (SSSR count). The van der Waals surface area contributed by atoms with Crippen LogP contribution in [0.3, 0.4) is 0 Å². The molecule has 0 aliphatic carbocycles. The van der Waals surface area contributed by atoms with Gasteiger partial charge in [0.25, 0.3) is 0 Å². The van der Waals surface area contributed by atoms with Gasteiger partial charge in [-0.2, -0.15) is 5.10 Å². The quantitative estimate of drug-likeness (QED) is 0.522. The van der Waals surface area contributed by atoms with E-state index in [-0.39, 0.29) is 11.9 Å². The second-order valence-electron chi connectivity index (χ2n) is 6.79. The molecule has 0 saturated heterocycles. The van der Waals surface area contributed by atoms with Gasteiger partial charge in [-0.05, 0) is 31.4 Å². The van der Waals surface area contributed by atoms with Crippen molar-refractivity contribution in [3.05, 3.63) is 95.6 Å². The molecule has 3 nitrogen and oxygen atoms in total. The second-order valence-corrected chi connectivity index (χ2v) is 6.79. The molecule has 4 aromatic rings. The third kappa shape index (κ3) is 3.36. The van der Waals surface area contributed by atoms with E-state index in [1.807, 2.05) is 29.1 Å². The fourth-order valence-corrected chi connectivity index (χ4v) is 3.50. The van der Waals surface area contributed by atoms with Crippen molar-refractivity contribution in [3.63, 3.8) is 0 Å². The zero-order valence-electron chi connectivity index (χ0n) is 15.5. The number of fused-ring (bicyclic) bond motifs is 1. The molecule has 0 saturated carbocycles.